The minimum absolute atomic E-state index is 0.0420. The summed E-state index contributed by atoms with van der Waals surface area (Å²) in [6.45, 7) is 4.31. The minimum atomic E-state index is -0.385. The zero-order valence-electron chi connectivity index (χ0n) is 11.1. The Bertz CT molecular complexity index is 240. The summed E-state index contributed by atoms with van der Waals surface area (Å²) in [5.74, 6) is 0.888. The monoisotopic (exact) mass is 259 g/mol. The van der Waals surface area contributed by atoms with Gasteiger partial charge in [0.05, 0.1) is 6.04 Å². The number of piperidine rings is 1. The van der Waals surface area contributed by atoms with E-state index in [1.807, 2.05) is 6.26 Å². The zero-order chi connectivity index (χ0) is 12.8. The van der Waals surface area contributed by atoms with E-state index in [1.54, 1.807) is 11.8 Å². The third-order valence-corrected chi connectivity index (χ3v) is 4.05. The Balaban J connectivity index is 2.43. The molecule has 3 atom stereocenters. The predicted molar refractivity (Wildman–Crippen MR) is 73.7 cm³/mol. The van der Waals surface area contributed by atoms with Crippen molar-refractivity contribution in [1.82, 2.24) is 10.4 Å². The third-order valence-electron chi connectivity index (χ3n) is 3.40. The van der Waals surface area contributed by atoms with Gasteiger partial charge in [-0.2, -0.15) is 11.8 Å². The van der Waals surface area contributed by atoms with Crippen LogP contribution in [0.15, 0.2) is 0 Å². The first kappa shape index (κ1) is 14.8. The number of nitrogens with two attached hydrogens (primary N) is 1. The van der Waals surface area contributed by atoms with E-state index in [0.29, 0.717) is 12.1 Å². The second-order valence-corrected chi connectivity index (χ2v) is 5.89. The van der Waals surface area contributed by atoms with E-state index in [2.05, 4.69) is 24.3 Å². The average molecular weight is 259 g/mol. The number of amides is 1. The number of nitrogens with zero attached hydrogens (tertiary/aromatic N) is 1. The highest BCUT2D eigenvalue weighted by atomic mass is 32.2. The molecular weight excluding hydrogens is 234 g/mol. The molecule has 1 saturated heterocycles. The SMILES string of the molecule is CSCC[C@H](N)C(=O)NN1C(C)CCCC1C. The number of nitrogens with one attached hydrogen (secondary N) is 1. The molecule has 0 aromatic carbocycles. The molecule has 0 spiro atoms. The summed E-state index contributed by atoms with van der Waals surface area (Å²) >= 11 is 1.72. The van der Waals surface area contributed by atoms with Crippen molar-refractivity contribution in [2.45, 2.75) is 57.7 Å². The number of thioether (sulfide) groups is 1. The smallest absolute Gasteiger partial charge is 0.251 e. The van der Waals surface area contributed by atoms with Crippen LogP contribution >= 0.6 is 11.8 Å². The number of hydrogen-bond donors (Lipinski definition) is 2. The van der Waals surface area contributed by atoms with Crippen molar-refractivity contribution in [3.05, 3.63) is 0 Å². The van der Waals surface area contributed by atoms with Gasteiger partial charge in [-0.05, 0) is 45.1 Å². The van der Waals surface area contributed by atoms with Crippen LogP contribution < -0.4 is 11.2 Å². The predicted octanol–water partition coefficient (Wildman–Crippen LogP) is 1.36. The van der Waals surface area contributed by atoms with Crippen molar-refractivity contribution in [3.8, 4) is 0 Å². The van der Waals surface area contributed by atoms with Crippen molar-refractivity contribution >= 4 is 17.7 Å². The summed E-state index contributed by atoms with van der Waals surface area (Å²) in [6.07, 6.45) is 6.30. The molecule has 1 heterocycles. The lowest BCUT2D eigenvalue weighted by molar-refractivity contribution is -0.130. The highest BCUT2D eigenvalue weighted by molar-refractivity contribution is 7.98. The van der Waals surface area contributed by atoms with Crippen LogP contribution in [0.3, 0.4) is 0 Å². The lowest BCUT2D eigenvalue weighted by Crippen LogP contribution is -2.57. The first-order valence-electron chi connectivity index (χ1n) is 6.39. The van der Waals surface area contributed by atoms with Crippen LogP contribution in [-0.4, -0.2) is 41.1 Å². The molecule has 1 fully saturated rings. The van der Waals surface area contributed by atoms with Crippen molar-refractivity contribution < 1.29 is 4.79 Å². The summed E-state index contributed by atoms with van der Waals surface area (Å²) in [4.78, 5) is 11.9. The van der Waals surface area contributed by atoms with Gasteiger partial charge < -0.3 is 5.73 Å². The highest BCUT2D eigenvalue weighted by Gasteiger charge is 2.27. The second-order valence-electron chi connectivity index (χ2n) is 4.90. The van der Waals surface area contributed by atoms with Crippen LogP contribution in [0.1, 0.15) is 39.5 Å². The summed E-state index contributed by atoms with van der Waals surface area (Å²) < 4.78 is 0. The van der Waals surface area contributed by atoms with Crippen LogP contribution in [0.25, 0.3) is 0 Å². The van der Waals surface area contributed by atoms with Crippen molar-refractivity contribution in [3.63, 3.8) is 0 Å². The van der Waals surface area contributed by atoms with E-state index in [-0.39, 0.29) is 11.9 Å². The summed E-state index contributed by atoms with van der Waals surface area (Å²) in [7, 11) is 0. The Hall–Kier alpha value is -0.260. The average Bonchev–Trinajstić information content (AvgIpc) is 2.30. The second kappa shape index (κ2) is 7.24. The van der Waals surface area contributed by atoms with Gasteiger partial charge in [0.1, 0.15) is 0 Å². The van der Waals surface area contributed by atoms with Crippen molar-refractivity contribution in [2.75, 3.05) is 12.0 Å². The Kier molecular flexibility index (Phi) is 6.30. The van der Waals surface area contributed by atoms with E-state index in [4.69, 9.17) is 5.73 Å². The molecule has 1 rings (SSSR count). The highest BCUT2D eigenvalue weighted by Crippen LogP contribution is 2.20. The molecule has 0 radical (unpaired) electrons. The molecule has 1 amide bonds. The van der Waals surface area contributed by atoms with Crippen LogP contribution in [0.5, 0.6) is 0 Å². The molecule has 1 aliphatic rings. The van der Waals surface area contributed by atoms with Crippen LogP contribution in [0.2, 0.25) is 0 Å². The van der Waals surface area contributed by atoms with Gasteiger partial charge in [-0.25, -0.2) is 5.01 Å². The fraction of sp³-hybridized carbons (Fsp3) is 0.917. The number of carbonyl (C=O) groups is 1. The normalized spacial score (nSPS) is 27.8. The van der Waals surface area contributed by atoms with Crippen LogP contribution in [0, 0.1) is 0 Å². The maximum absolute atomic E-state index is 11.9. The minimum Gasteiger partial charge on any atom is -0.320 e. The number of carbonyl (C=O) groups excluding carboxylic acids is 1. The standard InChI is InChI=1S/C12H25N3OS/c1-9-5-4-6-10(2)15(9)14-12(16)11(13)7-8-17-3/h9-11H,4-8,13H2,1-3H3,(H,14,16)/t9?,10?,11-/m0/s1. The molecule has 0 aliphatic carbocycles. The molecule has 0 aromatic rings. The van der Waals surface area contributed by atoms with E-state index >= 15 is 0 Å². The van der Waals surface area contributed by atoms with Crippen LogP contribution in [-0.2, 0) is 4.79 Å². The van der Waals surface area contributed by atoms with Crippen LogP contribution in [0.4, 0.5) is 0 Å². The van der Waals surface area contributed by atoms with Crippen molar-refractivity contribution in [1.29, 1.82) is 0 Å². The van der Waals surface area contributed by atoms with Gasteiger partial charge in [-0.15, -0.1) is 0 Å². The van der Waals surface area contributed by atoms with E-state index in [1.165, 1.54) is 6.42 Å². The molecule has 17 heavy (non-hydrogen) atoms. The fourth-order valence-electron chi connectivity index (χ4n) is 2.23. The molecule has 4 nitrogen and oxygen atoms in total. The van der Waals surface area contributed by atoms with Gasteiger partial charge >= 0.3 is 0 Å². The number of hydrazine groups is 1. The van der Waals surface area contributed by atoms with Gasteiger partial charge in [-0.1, -0.05) is 6.42 Å². The molecule has 2 unspecified atom stereocenters. The first-order chi connectivity index (χ1) is 8.06. The number of rotatable bonds is 5. The Labute approximate surface area is 109 Å². The van der Waals surface area contributed by atoms with E-state index < -0.39 is 0 Å². The summed E-state index contributed by atoms with van der Waals surface area (Å²) in [5.41, 5.74) is 8.85. The summed E-state index contributed by atoms with van der Waals surface area (Å²) in [6, 6.07) is 0.440. The molecule has 0 saturated carbocycles. The molecule has 0 bridgehead atoms. The van der Waals surface area contributed by atoms with Gasteiger partial charge in [0.15, 0.2) is 0 Å². The Morgan fingerprint density at radius 2 is 2.06 bits per heavy atom. The Morgan fingerprint density at radius 1 is 1.47 bits per heavy atom. The lowest BCUT2D eigenvalue weighted by atomic mass is 10.00. The zero-order valence-corrected chi connectivity index (χ0v) is 11.9. The molecule has 100 valence electrons. The maximum Gasteiger partial charge on any atom is 0.251 e. The maximum atomic E-state index is 11.9. The third kappa shape index (κ3) is 4.48. The van der Waals surface area contributed by atoms with Gasteiger partial charge in [0.2, 0.25) is 0 Å². The van der Waals surface area contributed by atoms with Gasteiger partial charge in [0.25, 0.3) is 5.91 Å². The Morgan fingerprint density at radius 3 is 2.59 bits per heavy atom. The van der Waals surface area contributed by atoms with Gasteiger partial charge in [-0.3, -0.25) is 10.2 Å². The molecule has 3 N–H and O–H groups in total. The van der Waals surface area contributed by atoms with E-state index in [9.17, 15) is 4.79 Å². The fourth-order valence-corrected chi connectivity index (χ4v) is 2.72. The van der Waals surface area contributed by atoms with E-state index in [0.717, 1.165) is 25.0 Å². The first-order valence-corrected chi connectivity index (χ1v) is 7.79. The lowest BCUT2D eigenvalue weighted by Gasteiger charge is -2.39. The molecule has 1 aliphatic heterocycles. The van der Waals surface area contributed by atoms with Crippen molar-refractivity contribution in [2.24, 2.45) is 5.73 Å². The number of hydrogen-bond acceptors (Lipinski definition) is 4. The molecule has 5 heteroatoms. The largest absolute Gasteiger partial charge is 0.320 e. The molecular formula is C12H25N3OS. The van der Waals surface area contributed by atoms with Gasteiger partial charge in [0, 0.05) is 12.1 Å². The quantitative estimate of drug-likeness (QED) is 0.783. The summed E-state index contributed by atoms with van der Waals surface area (Å²) in [5, 5.41) is 2.07. The topological polar surface area (TPSA) is 58.4 Å². The molecule has 0 aromatic heterocycles.